The molecule has 92 valence electrons. The van der Waals surface area contributed by atoms with Crippen molar-refractivity contribution in [3.8, 4) is 12.3 Å². The van der Waals surface area contributed by atoms with E-state index in [0.717, 1.165) is 12.0 Å². The molecule has 0 aliphatic heterocycles. The van der Waals surface area contributed by atoms with Crippen LogP contribution in [0.4, 0.5) is 0 Å². The van der Waals surface area contributed by atoms with Gasteiger partial charge in [-0.15, -0.1) is 6.42 Å². The zero-order valence-electron chi connectivity index (χ0n) is 10.4. The number of allylic oxidation sites excluding steroid dienone is 3. The first kappa shape index (κ1) is 13.8. The van der Waals surface area contributed by atoms with Crippen molar-refractivity contribution in [1.82, 2.24) is 0 Å². The first-order valence-electron chi connectivity index (χ1n) is 5.70. The summed E-state index contributed by atoms with van der Waals surface area (Å²) in [5.74, 6) is 2.46. The summed E-state index contributed by atoms with van der Waals surface area (Å²) >= 11 is 0. The molecule has 0 fully saturated rings. The number of ether oxygens (including phenoxy) is 1. The van der Waals surface area contributed by atoms with E-state index in [9.17, 15) is 4.79 Å². The van der Waals surface area contributed by atoms with Crippen LogP contribution in [0.3, 0.4) is 0 Å². The molecule has 0 aliphatic rings. The molecule has 0 unspecified atom stereocenters. The Bertz CT molecular complexity index is 464. The molecule has 0 radical (unpaired) electrons. The van der Waals surface area contributed by atoms with Crippen LogP contribution in [0.2, 0.25) is 0 Å². The monoisotopic (exact) mass is 240 g/mol. The molecule has 2 nitrogen and oxygen atoms in total. The van der Waals surface area contributed by atoms with Crippen LogP contribution in [0, 0.1) is 12.3 Å². The molecule has 2 heteroatoms. The van der Waals surface area contributed by atoms with Gasteiger partial charge in [-0.2, -0.15) is 0 Å². The van der Waals surface area contributed by atoms with Gasteiger partial charge in [0.05, 0.1) is 7.11 Å². The zero-order chi connectivity index (χ0) is 13.2. The number of esters is 1. The van der Waals surface area contributed by atoms with Crippen LogP contribution in [-0.2, 0) is 9.53 Å². The highest BCUT2D eigenvalue weighted by molar-refractivity contribution is 5.82. The molecule has 0 N–H and O–H groups in total. The second-order valence-electron chi connectivity index (χ2n) is 3.68. The third kappa shape index (κ3) is 4.71. The molecule has 0 aromatic heterocycles. The van der Waals surface area contributed by atoms with Crippen LogP contribution in [0.5, 0.6) is 0 Å². The summed E-state index contributed by atoms with van der Waals surface area (Å²) in [5, 5.41) is 0. The maximum Gasteiger partial charge on any atom is 0.330 e. The summed E-state index contributed by atoms with van der Waals surface area (Å²) in [6, 6.07) is 9.94. The van der Waals surface area contributed by atoms with Gasteiger partial charge in [-0.05, 0) is 12.0 Å². The topological polar surface area (TPSA) is 26.3 Å². The van der Waals surface area contributed by atoms with Crippen LogP contribution < -0.4 is 0 Å². The maximum absolute atomic E-state index is 10.8. The van der Waals surface area contributed by atoms with Crippen molar-refractivity contribution in [2.24, 2.45) is 0 Å². The van der Waals surface area contributed by atoms with Gasteiger partial charge in [0, 0.05) is 12.0 Å². The number of carbonyl (C=O) groups excluding carboxylic acids is 1. The first-order valence-corrected chi connectivity index (χ1v) is 5.70. The predicted octanol–water partition coefficient (Wildman–Crippen LogP) is 3.08. The van der Waals surface area contributed by atoms with Crippen LogP contribution in [0.25, 0.3) is 0 Å². The summed E-state index contributed by atoms with van der Waals surface area (Å²) in [6.45, 7) is 0. The lowest BCUT2D eigenvalue weighted by atomic mass is 9.96. The van der Waals surface area contributed by atoms with Gasteiger partial charge in [0.25, 0.3) is 0 Å². The number of methoxy groups -OCH3 is 1. The fourth-order valence-electron chi connectivity index (χ4n) is 1.48. The highest BCUT2D eigenvalue weighted by Gasteiger charge is 2.04. The Morgan fingerprint density at radius 1 is 1.39 bits per heavy atom. The van der Waals surface area contributed by atoms with E-state index in [0.29, 0.717) is 0 Å². The SMILES string of the molecule is C#C[C@@H](C/C=C/C=C/C(=O)OC)c1ccccc1. The van der Waals surface area contributed by atoms with Gasteiger partial charge in [-0.3, -0.25) is 0 Å². The Labute approximate surface area is 108 Å². The summed E-state index contributed by atoms with van der Waals surface area (Å²) in [6.07, 6.45) is 13.0. The summed E-state index contributed by atoms with van der Waals surface area (Å²) in [5.41, 5.74) is 1.13. The number of hydrogen-bond acceptors (Lipinski definition) is 2. The normalized spacial score (nSPS) is 12.4. The third-order valence-corrected chi connectivity index (χ3v) is 2.46. The maximum atomic E-state index is 10.8. The van der Waals surface area contributed by atoms with Crippen molar-refractivity contribution in [1.29, 1.82) is 0 Å². The van der Waals surface area contributed by atoms with E-state index in [1.807, 2.05) is 36.4 Å². The molecule has 0 saturated carbocycles. The van der Waals surface area contributed by atoms with Gasteiger partial charge in [0.2, 0.25) is 0 Å². The van der Waals surface area contributed by atoms with Gasteiger partial charge in [0.15, 0.2) is 0 Å². The van der Waals surface area contributed by atoms with Gasteiger partial charge in [-0.1, -0.05) is 54.5 Å². The van der Waals surface area contributed by atoms with Crippen LogP contribution in [0.15, 0.2) is 54.6 Å². The minimum Gasteiger partial charge on any atom is -0.466 e. The molecule has 18 heavy (non-hydrogen) atoms. The minimum atomic E-state index is -0.365. The summed E-state index contributed by atoms with van der Waals surface area (Å²) in [7, 11) is 1.35. The van der Waals surface area contributed by atoms with Crippen LogP contribution in [0.1, 0.15) is 17.9 Å². The van der Waals surface area contributed by atoms with Crippen molar-refractivity contribution in [2.45, 2.75) is 12.3 Å². The van der Waals surface area contributed by atoms with E-state index in [1.165, 1.54) is 13.2 Å². The number of hydrogen-bond donors (Lipinski definition) is 0. The Hall–Kier alpha value is -2.27. The van der Waals surface area contributed by atoms with Crippen molar-refractivity contribution < 1.29 is 9.53 Å². The highest BCUT2D eigenvalue weighted by Crippen LogP contribution is 2.18. The van der Waals surface area contributed by atoms with E-state index >= 15 is 0 Å². The molecule has 0 spiro atoms. The molecule has 0 bridgehead atoms. The second-order valence-corrected chi connectivity index (χ2v) is 3.68. The van der Waals surface area contributed by atoms with Crippen molar-refractivity contribution >= 4 is 5.97 Å². The quantitative estimate of drug-likeness (QED) is 0.342. The molecule has 0 amide bonds. The second kappa shape index (κ2) is 7.92. The molecular formula is C16H16O2. The van der Waals surface area contributed by atoms with E-state index < -0.39 is 0 Å². The van der Waals surface area contributed by atoms with E-state index in [-0.39, 0.29) is 11.9 Å². The lowest BCUT2D eigenvalue weighted by Crippen LogP contribution is -1.93. The molecular weight excluding hydrogens is 224 g/mol. The van der Waals surface area contributed by atoms with Gasteiger partial charge in [-0.25, -0.2) is 4.79 Å². The van der Waals surface area contributed by atoms with E-state index in [4.69, 9.17) is 6.42 Å². The van der Waals surface area contributed by atoms with Gasteiger partial charge >= 0.3 is 5.97 Å². The first-order chi connectivity index (χ1) is 8.77. The Balaban J connectivity index is 2.51. The lowest BCUT2D eigenvalue weighted by Gasteiger charge is -2.07. The van der Waals surface area contributed by atoms with Crippen LogP contribution in [-0.4, -0.2) is 13.1 Å². The van der Waals surface area contributed by atoms with Crippen molar-refractivity contribution in [2.75, 3.05) is 7.11 Å². The largest absolute Gasteiger partial charge is 0.466 e. The molecule has 1 aromatic rings. The van der Waals surface area contributed by atoms with Crippen molar-refractivity contribution in [3.05, 3.63) is 60.2 Å². The Morgan fingerprint density at radius 3 is 2.72 bits per heavy atom. The third-order valence-electron chi connectivity index (χ3n) is 2.46. The van der Waals surface area contributed by atoms with Gasteiger partial charge < -0.3 is 4.74 Å². The highest BCUT2D eigenvalue weighted by atomic mass is 16.5. The number of rotatable bonds is 5. The summed E-state index contributed by atoms with van der Waals surface area (Å²) < 4.78 is 4.48. The number of terminal acetylenes is 1. The Morgan fingerprint density at radius 2 is 2.11 bits per heavy atom. The molecule has 1 atom stereocenters. The fraction of sp³-hybridized carbons (Fsp3) is 0.188. The predicted molar refractivity (Wildman–Crippen MR) is 72.9 cm³/mol. The molecule has 0 heterocycles. The summed E-state index contributed by atoms with van der Waals surface area (Å²) in [4.78, 5) is 10.8. The van der Waals surface area contributed by atoms with Crippen molar-refractivity contribution in [3.63, 3.8) is 0 Å². The fourth-order valence-corrected chi connectivity index (χ4v) is 1.48. The van der Waals surface area contributed by atoms with E-state index in [1.54, 1.807) is 12.2 Å². The molecule has 1 rings (SSSR count). The zero-order valence-corrected chi connectivity index (χ0v) is 10.4. The minimum absolute atomic E-state index is 0.0639. The van der Waals surface area contributed by atoms with Crippen LogP contribution >= 0.6 is 0 Å². The van der Waals surface area contributed by atoms with Gasteiger partial charge in [0.1, 0.15) is 0 Å². The Kier molecular flexibility index (Phi) is 6.07. The molecule has 0 aliphatic carbocycles. The molecule has 1 aromatic carbocycles. The average molecular weight is 240 g/mol. The van der Waals surface area contributed by atoms with E-state index in [2.05, 4.69) is 10.7 Å². The number of benzene rings is 1. The lowest BCUT2D eigenvalue weighted by molar-refractivity contribution is -0.134. The standard InChI is InChI=1S/C16H16O2/c1-3-14(15-11-7-4-8-12-15)10-6-5-9-13-16(17)18-2/h1,4-9,11-14H,10H2,2H3/b6-5+,13-9+/t14-/m0/s1. The smallest absolute Gasteiger partial charge is 0.330 e. The average Bonchev–Trinajstić information content (AvgIpc) is 2.43. The molecule has 0 saturated heterocycles. The number of carbonyl (C=O) groups is 1.